The van der Waals surface area contributed by atoms with E-state index in [0.717, 1.165) is 44.7 Å². The van der Waals surface area contributed by atoms with E-state index < -0.39 is 0 Å². The predicted molar refractivity (Wildman–Crippen MR) is 156 cm³/mol. The second-order valence-electron chi connectivity index (χ2n) is 10.5. The molecule has 5 nitrogen and oxygen atoms in total. The number of nitrogens with zero attached hydrogens (tertiary/aromatic N) is 4. The average Bonchev–Trinajstić information content (AvgIpc) is 3.54. The maximum absolute atomic E-state index is 6.09. The molecule has 0 amide bonds. The van der Waals surface area contributed by atoms with Gasteiger partial charge in [0, 0.05) is 70.8 Å². The van der Waals surface area contributed by atoms with Crippen molar-refractivity contribution in [3.63, 3.8) is 0 Å². The van der Waals surface area contributed by atoms with Crippen LogP contribution in [0.4, 0.5) is 17.1 Å². The second-order valence-corrected chi connectivity index (χ2v) is 10.5. The molecule has 0 bridgehead atoms. The molecule has 0 unspecified atom stereocenters. The minimum atomic E-state index is -0.0891. The first-order valence-electron chi connectivity index (χ1n) is 12.9. The van der Waals surface area contributed by atoms with Gasteiger partial charge in [-0.1, -0.05) is 38.8 Å². The van der Waals surface area contributed by atoms with Crippen LogP contribution < -0.4 is 4.58 Å². The number of fused-ring (bicyclic) bond motifs is 4. The van der Waals surface area contributed by atoms with Gasteiger partial charge in [0.25, 0.3) is 11.4 Å². The number of rotatable bonds is 2. The first-order valence-corrected chi connectivity index (χ1v) is 12.9. The summed E-state index contributed by atoms with van der Waals surface area (Å²) >= 11 is 0. The van der Waals surface area contributed by atoms with Crippen molar-refractivity contribution < 1.29 is 29.1 Å². The molecule has 6 aromatic rings. The van der Waals surface area contributed by atoms with Crippen molar-refractivity contribution in [1.82, 2.24) is 14.5 Å². The molecule has 0 saturated heterocycles. The Morgan fingerprint density at radius 1 is 0.800 bits per heavy atom. The zero-order chi connectivity index (χ0) is 27.0. The van der Waals surface area contributed by atoms with Crippen molar-refractivity contribution >= 4 is 45.1 Å². The summed E-state index contributed by atoms with van der Waals surface area (Å²) in [5.74, 6) is 0. The Kier molecular flexibility index (Phi) is 7.60. The van der Waals surface area contributed by atoms with Gasteiger partial charge in [-0.05, 0) is 30.3 Å². The fraction of sp³-hybridized carbons (Fsp3) is 0.147. The largest absolute Gasteiger partial charge is 0.495 e. The number of hydrogen-bond donors (Lipinski definition) is 0. The Morgan fingerprint density at radius 3 is 2.33 bits per heavy atom. The number of furan rings is 1. The predicted octanol–water partition coefficient (Wildman–Crippen LogP) is 8.10. The molecule has 1 radical (unpaired) electrons. The van der Waals surface area contributed by atoms with Gasteiger partial charge in [-0.2, -0.15) is 12.1 Å². The summed E-state index contributed by atoms with van der Waals surface area (Å²) in [5, 5.41) is 2.05. The Bertz CT molecular complexity index is 1880. The minimum Gasteiger partial charge on any atom is -0.495 e. The minimum absolute atomic E-state index is 0. The maximum atomic E-state index is 6.09. The van der Waals surface area contributed by atoms with E-state index in [4.69, 9.17) is 4.42 Å². The normalized spacial score (nSPS) is 12.2. The SMILES string of the molecule is CC(C)(C)[N+]1=C=[N+](c2[c-]ccc3c2oc2ncccc23)c2ccccc21.Cc1ccc(-c2[c-]cccc2)nc1.[Ir]. The van der Waals surface area contributed by atoms with Gasteiger partial charge in [-0.25, -0.2) is 4.98 Å². The van der Waals surface area contributed by atoms with E-state index >= 15 is 0 Å². The van der Waals surface area contributed by atoms with Gasteiger partial charge in [-0.15, -0.1) is 42.0 Å². The molecule has 3 aromatic carbocycles. The summed E-state index contributed by atoms with van der Waals surface area (Å²) < 4.78 is 10.3. The maximum Gasteiger partial charge on any atom is 0.495 e. The molecule has 40 heavy (non-hydrogen) atoms. The molecule has 199 valence electrons. The van der Waals surface area contributed by atoms with Crippen molar-refractivity contribution in [2.24, 2.45) is 0 Å². The summed E-state index contributed by atoms with van der Waals surface area (Å²) in [6.07, 6.45) is 3.62. The molecule has 4 heterocycles. The van der Waals surface area contributed by atoms with E-state index in [-0.39, 0.29) is 25.6 Å². The van der Waals surface area contributed by atoms with Gasteiger partial charge in [0.15, 0.2) is 11.2 Å². The van der Waals surface area contributed by atoms with Crippen molar-refractivity contribution in [2.75, 3.05) is 0 Å². The second kappa shape index (κ2) is 11.1. The van der Waals surface area contributed by atoms with Crippen LogP contribution in [-0.2, 0) is 20.1 Å². The molecule has 6 heteroatoms. The van der Waals surface area contributed by atoms with Crippen LogP contribution in [-0.4, -0.2) is 26.1 Å². The van der Waals surface area contributed by atoms with Gasteiger partial charge in [0.1, 0.15) is 0 Å². The van der Waals surface area contributed by atoms with Crippen LogP contribution in [0.3, 0.4) is 0 Å². The molecule has 1 aliphatic rings. The zero-order valence-electron chi connectivity index (χ0n) is 22.8. The van der Waals surface area contributed by atoms with E-state index in [9.17, 15) is 0 Å². The van der Waals surface area contributed by atoms with E-state index in [1.165, 1.54) is 5.56 Å². The zero-order valence-corrected chi connectivity index (χ0v) is 25.2. The van der Waals surface area contributed by atoms with E-state index in [1.54, 1.807) is 6.20 Å². The molecule has 0 atom stereocenters. The van der Waals surface area contributed by atoms with Crippen LogP contribution in [0.5, 0.6) is 0 Å². The van der Waals surface area contributed by atoms with E-state index in [1.807, 2.05) is 78.4 Å². The van der Waals surface area contributed by atoms with Crippen LogP contribution in [0.15, 0.2) is 102 Å². The summed E-state index contributed by atoms with van der Waals surface area (Å²) in [6, 6.07) is 38.2. The summed E-state index contributed by atoms with van der Waals surface area (Å²) in [4.78, 5) is 8.67. The standard InChI is InChI=1S/C22H18N3O.C12H10N.Ir/c1-22(2,3)25-14-24(17-10-4-5-11-18(17)25)19-12-6-8-15-16-9-7-13-23-21(16)26-20(15)19;1-10-7-8-12(13-9-10)11-5-3-2-4-6-11;/h4-11,13H,1-3H3;2-5,7-9H,1H3;/q+1;-1;. The van der Waals surface area contributed by atoms with Crippen molar-refractivity contribution in [2.45, 2.75) is 33.2 Å². The fourth-order valence-electron chi connectivity index (χ4n) is 4.64. The quantitative estimate of drug-likeness (QED) is 0.136. The summed E-state index contributed by atoms with van der Waals surface area (Å²) in [6.45, 7) is 8.56. The van der Waals surface area contributed by atoms with Crippen LogP contribution >= 0.6 is 0 Å². The molecule has 0 aliphatic carbocycles. The van der Waals surface area contributed by atoms with Crippen LogP contribution in [0.25, 0.3) is 33.3 Å². The third-order valence-corrected chi connectivity index (χ3v) is 6.54. The first kappa shape index (κ1) is 27.4. The molecule has 0 saturated carbocycles. The number of hydrogen-bond acceptors (Lipinski definition) is 3. The van der Waals surface area contributed by atoms with Crippen LogP contribution in [0, 0.1) is 19.1 Å². The van der Waals surface area contributed by atoms with E-state index in [0.29, 0.717) is 5.71 Å². The van der Waals surface area contributed by atoms with E-state index in [2.05, 4.69) is 77.7 Å². The fourth-order valence-corrected chi connectivity index (χ4v) is 4.64. The number of benzene rings is 3. The molecule has 0 N–H and O–H groups in total. The Labute approximate surface area is 247 Å². The Balaban J connectivity index is 0.000000195. The first-order chi connectivity index (χ1) is 18.9. The summed E-state index contributed by atoms with van der Waals surface area (Å²) in [5.41, 5.74) is 7.57. The molecule has 0 spiro atoms. The third-order valence-electron chi connectivity index (χ3n) is 6.54. The molecule has 3 aromatic heterocycles. The molecule has 0 fully saturated rings. The van der Waals surface area contributed by atoms with Crippen molar-refractivity contribution in [3.05, 3.63) is 115 Å². The molecule has 1 aliphatic heterocycles. The van der Waals surface area contributed by atoms with Crippen LogP contribution in [0.2, 0.25) is 0 Å². The average molecular weight is 701 g/mol. The van der Waals surface area contributed by atoms with Gasteiger partial charge in [0.2, 0.25) is 5.71 Å². The molecular weight excluding hydrogens is 673 g/mol. The number of para-hydroxylation sites is 2. The van der Waals surface area contributed by atoms with Gasteiger partial charge in [0.05, 0.1) is 5.58 Å². The third kappa shape index (κ3) is 5.17. The topological polar surface area (TPSA) is 44.9 Å². The van der Waals surface area contributed by atoms with Gasteiger partial charge in [-0.3, -0.25) is 0 Å². The number of aromatic nitrogens is 2. The molecular formula is C34H28IrN4O. The Morgan fingerprint density at radius 2 is 1.60 bits per heavy atom. The smallest absolute Gasteiger partial charge is 0.495 e. The van der Waals surface area contributed by atoms with Gasteiger partial charge >= 0.3 is 6.01 Å². The van der Waals surface area contributed by atoms with Crippen molar-refractivity contribution in [3.8, 4) is 11.3 Å². The van der Waals surface area contributed by atoms with Crippen LogP contribution in [0.1, 0.15) is 26.3 Å². The van der Waals surface area contributed by atoms with Gasteiger partial charge < -0.3 is 9.40 Å². The Hall–Kier alpha value is -4.21. The monoisotopic (exact) mass is 701 g/mol. The number of pyridine rings is 2. The van der Waals surface area contributed by atoms with Crippen molar-refractivity contribution in [1.29, 1.82) is 0 Å². The number of aryl methyl sites for hydroxylation is 1. The summed E-state index contributed by atoms with van der Waals surface area (Å²) in [7, 11) is 0. The molecule has 7 rings (SSSR count).